The number of aliphatic hydroxyl groups is 2. The average Bonchev–Trinajstić information content (AvgIpc) is 3.18. The van der Waals surface area contributed by atoms with E-state index < -0.39 is 71.8 Å². The Bertz CT molecular complexity index is 1950. The van der Waals surface area contributed by atoms with Gasteiger partial charge in [0.25, 0.3) is 5.91 Å². The molecule has 19 heteroatoms. The summed E-state index contributed by atoms with van der Waals surface area (Å²) in [4.78, 5) is 57.2. The van der Waals surface area contributed by atoms with Gasteiger partial charge in [-0.15, -0.1) is 0 Å². The molecule has 1 aliphatic heterocycles. The molecular formula is C37H41N3O13S3. The lowest BCUT2D eigenvalue weighted by Gasteiger charge is -2.43. The Morgan fingerprint density at radius 1 is 1.12 bits per heavy atom. The third kappa shape index (κ3) is 10.1. The molecule has 0 saturated carbocycles. The molecule has 0 radical (unpaired) electrons. The van der Waals surface area contributed by atoms with Crippen molar-refractivity contribution in [3.8, 4) is 35.2 Å². The van der Waals surface area contributed by atoms with Crippen molar-refractivity contribution in [1.82, 2.24) is 0 Å². The fraction of sp³-hybridized carbons (Fsp3) is 0.432. The minimum atomic E-state index is -2.40. The topological polar surface area (TPSA) is 224 Å². The van der Waals surface area contributed by atoms with Crippen LogP contribution in [-0.4, -0.2) is 122 Å². The standard InChI is InChI=1S/C37H41N3O13S3/c1-19-30(38)27(52-35(44)21-16-25(48-4)26(49-5)17-23(21)39-34(43)20(2)47-3)18-28(51-19)53-33-32(42)31(40-36(45)50-6)29-22(13-15-55-56-54-7)37(33,46)14-11-9-8-10-12-24(29)41/h8-9,16-17,19,24,27-28,30,33,41,46H,2,13,15,18,38H2,1,3-7H3,(H,39,43)/b9-8+,40-31?. The summed E-state index contributed by atoms with van der Waals surface area (Å²) in [6, 6.07) is 1.74. The summed E-state index contributed by atoms with van der Waals surface area (Å²) >= 11 is 0. The number of fused-ring (bicyclic) bond motifs is 1. The first-order chi connectivity index (χ1) is 26.7. The van der Waals surface area contributed by atoms with Gasteiger partial charge in [0.2, 0.25) is 5.78 Å². The lowest BCUT2D eigenvalue weighted by molar-refractivity contribution is -0.245. The molecule has 3 aliphatic rings. The van der Waals surface area contributed by atoms with Gasteiger partial charge in [-0.05, 0) is 47.2 Å². The molecule has 0 aromatic heterocycles. The predicted molar refractivity (Wildman–Crippen MR) is 211 cm³/mol. The first-order valence-corrected chi connectivity index (χ1v) is 20.7. The molecule has 4 rings (SSSR count). The highest BCUT2D eigenvalue weighted by atomic mass is 33.5. The monoisotopic (exact) mass is 831 g/mol. The van der Waals surface area contributed by atoms with E-state index in [9.17, 15) is 29.4 Å². The second kappa shape index (κ2) is 20.1. The fourth-order valence-corrected chi connectivity index (χ4v) is 8.50. The summed E-state index contributed by atoms with van der Waals surface area (Å²) in [5.74, 6) is 8.38. The van der Waals surface area contributed by atoms with Crippen LogP contribution in [0.1, 0.15) is 30.1 Å². The van der Waals surface area contributed by atoms with Gasteiger partial charge >= 0.3 is 12.1 Å². The highest BCUT2D eigenvalue weighted by Gasteiger charge is 2.55. The number of carbonyl (C=O) groups excluding carboxylic acids is 4. The number of Topliss-reactive ketones (excluding diaryl/α,β-unsaturated/α-hetero) is 1. The minimum absolute atomic E-state index is 0.0236. The molecule has 7 unspecified atom stereocenters. The summed E-state index contributed by atoms with van der Waals surface area (Å²) in [6.45, 7) is 5.12. The first kappa shape index (κ1) is 44.3. The van der Waals surface area contributed by atoms with Gasteiger partial charge in [-0.1, -0.05) is 51.8 Å². The molecular weight excluding hydrogens is 791 g/mol. The molecule has 1 aromatic carbocycles. The van der Waals surface area contributed by atoms with E-state index in [0.717, 1.165) is 7.11 Å². The van der Waals surface area contributed by atoms with E-state index in [1.165, 1.54) is 77.0 Å². The number of nitrogens with two attached hydrogens (primary N) is 1. The van der Waals surface area contributed by atoms with Crippen molar-refractivity contribution < 1.29 is 62.5 Å². The number of anilines is 1. The minimum Gasteiger partial charge on any atom is -0.493 e. The first-order valence-electron chi connectivity index (χ1n) is 16.7. The molecule has 1 heterocycles. The number of amides is 2. The maximum atomic E-state index is 14.3. The predicted octanol–water partition coefficient (Wildman–Crippen LogP) is 2.98. The molecule has 300 valence electrons. The normalized spacial score (nSPS) is 26.7. The lowest BCUT2D eigenvalue weighted by Crippen LogP contribution is -2.60. The van der Waals surface area contributed by atoms with E-state index in [2.05, 4.69) is 40.6 Å². The van der Waals surface area contributed by atoms with Gasteiger partial charge in [0.15, 0.2) is 35.3 Å². The number of nitrogens with one attached hydrogen (secondary N) is 1. The van der Waals surface area contributed by atoms with Gasteiger partial charge in [-0.3, -0.25) is 9.59 Å². The van der Waals surface area contributed by atoms with Crippen LogP contribution in [0.2, 0.25) is 0 Å². The maximum absolute atomic E-state index is 14.3. The number of methoxy groups -OCH3 is 4. The van der Waals surface area contributed by atoms with Crippen LogP contribution >= 0.6 is 31.4 Å². The fourth-order valence-electron chi connectivity index (χ4n) is 5.82. The van der Waals surface area contributed by atoms with Gasteiger partial charge in [-0.25, -0.2) is 9.59 Å². The number of allylic oxidation sites excluding steroid dienone is 2. The second-order valence-electron chi connectivity index (χ2n) is 11.9. The number of aliphatic imine (C=N–C) groups is 1. The Morgan fingerprint density at radius 2 is 1.82 bits per heavy atom. The number of esters is 1. The van der Waals surface area contributed by atoms with Gasteiger partial charge in [0.05, 0.1) is 51.8 Å². The quantitative estimate of drug-likeness (QED) is 0.0528. The van der Waals surface area contributed by atoms with Crippen LogP contribution in [0.3, 0.4) is 0 Å². The Kier molecular flexibility index (Phi) is 15.9. The number of rotatable bonds is 14. The number of nitrogens with zero attached hydrogens (tertiary/aromatic N) is 1. The molecule has 5 N–H and O–H groups in total. The zero-order valence-electron chi connectivity index (χ0n) is 31.2. The van der Waals surface area contributed by atoms with Gasteiger partial charge < -0.3 is 54.4 Å². The van der Waals surface area contributed by atoms with E-state index in [0.29, 0.717) is 5.75 Å². The largest absolute Gasteiger partial charge is 0.493 e. The van der Waals surface area contributed by atoms with Crippen molar-refractivity contribution in [2.24, 2.45) is 10.7 Å². The van der Waals surface area contributed by atoms with Crippen molar-refractivity contribution in [1.29, 1.82) is 0 Å². The third-order valence-electron chi connectivity index (χ3n) is 8.63. The molecule has 56 heavy (non-hydrogen) atoms. The summed E-state index contributed by atoms with van der Waals surface area (Å²) < 4.78 is 38.5. The Morgan fingerprint density at radius 3 is 2.48 bits per heavy atom. The maximum Gasteiger partial charge on any atom is 0.433 e. The molecule has 0 spiro atoms. The number of ether oxygens (including phenoxy) is 7. The number of aliphatic hydroxyl groups excluding tert-OH is 1. The average molecular weight is 832 g/mol. The molecule has 16 nitrogen and oxygen atoms in total. The number of hydrogen-bond acceptors (Lipinski definition) is 17. The van der Waals surface area contributed by atoms with Crippen molar-refractivity contribution in [3.63, 3.8) is 0 Å². The van der Waals surface area contributed by atoms with Crippen LogP contribution in [0.5, 0.6) is 11.5 Å². The Labute approximate surface area is 335 Å². The van der Waals surface area contributed by atoms with E-state index >= 15 is 0 Å². The highest BCUT2D eigenvalue weighted by Crippen LogP contribution is 2.41. The van der Waals surface area contributed by atoms with Crippen molar-refractivity contribution in [3.05, 3.63) is 53.3 Å². The van der Waals surface area contributed by atoms with Crippen molar-refractivity contribution in [2.45, 2.75) is 62.1 Å². The van der Waals surface area contributed by atoms with Crippen LogP contribution in [0.4, 0.5) is 10.5 Å². The third-order valence-corrected chi connectivity index (χ3v) is 12.5. The summed E-state index contributed by atoms with van der Waals surface area (Å²) in [5, 5.41) is 26.3. The zero-order chi connectivity index (χ0) is 41.2. The van der Waals surface area contributed by atoms with Crippen molar-refractivity contribution >= 4 is 66.6 Å². The van der Waals surface area contributed by atoms with Crippen molar-refractivity contribution in [2.75, 3.05) is 45.8 Å². The summed E-state index contributed by atoms with van der Waals surface area (Å²) in [7, 11) is 9.46. The molecule has 1 fully saturated rings. The van der Waals surface area contributed by atoms with Crippen LogP contribution in [0.25, 0.3) is 0 Å². The summed E-state index contributed by atoms with van der Waals surface area (Å²) in [6.07, 6.45) is -3.68. The SMILES string of the molecule is C=C(OC)C(=O)Nc1cc(OC)c(OC)cc1C(=O)OC1CC(OC2C(=O)C(=NC(=O)OC)C3=C(CCSSSC)C2(O)C#C/C=C/C#CC3O)OC(C)C1N. The lowest BCUT2D eigenvalue weighted by atomic mass is 9.72. The summed E-state index contributed by atoms with van der Waals surface area (Å²) in [5.41, 5.74) is 3.21. The molecule has 2 aliphatic carbocycles. The molecule has 1 aromatic rings. The van der Waals surface area contributed by atoms with Gasteiger partial charge in [0.1, 0.15) is 17.9 Å². The van der Waals surface area contributed by atoms with E-state index in [1.807, 2.05) is 6.26 Å². The number of carbonyl (C=O) groups is 4. The van der Waals surface area contributed by atoms with E-state index in [4.69, 9.17) is 38.9 Å². The molecule has 2 amide bonds. The molecule has 1 saturated heterocycles. The van der Waals surface area contributed by atoms with Crippen LogP contribution in [0.15, 0.2) is 52.8 Å². The van der Waals surface area contributed by atoms with E-state index in [1.54, 1.807) is 6.92 Å². The van der Waals surface area contributed by atoms with Crippen LogP contribution in [0, 0.1) is 23.7 Å². The Hall–Kier alpha value is -4.44. The molecule has 7 atom stereocenters. The highest BCUT2D eigenvalue weighted by molar-refractivity contribution is 9.09. The van der Waals surface area contributed by atoms with E-state index in [-0.39, 0.29) is 52.5 Å². The van der Waals surface area contributed by atoms with Crippen LogP contribution in [-0.2, 0) is 33.3 Å². The number of hydrogen-bond donors (Lipinski definition) is 4. The zero-order valence-corrected chi connectivity index (χ0v) is 33.7. The smallest absolute Gasteiger partial charge is 0.433 e. The van der Waals surface area contributed by atoms with Gasteiger partial charge in [-0.2, -0.15) is 4.99 Å². The van der Waals surface area contributed by atoms with Crippen LogP contribution < -0.4 is 20.5 Å². The Balaban J connectivity index is 1.74. The van der Waals surface area contributed by atoms with Gasteiger partial charge in [0, 0.05) is 29.9 Å². The second-order valence-corrected chi connectivity index (χ2v) is 16.4. The number of benzene rings is 1. The molecule has 2 bridgehead atoms. The number of ketones is 1.